The van der Waals surface area contributed by atoms with Gasteiger partial charge in [0, 0.05) is 7.05 Å². The van der Waals surface area contributed by atoms with Crippen LogP contribution in [-0.2, 0) is 13.5 Å². The SMILES string of the molecule is CCCc1c(C(=O)Nc2nn(C)c3cccc(OC)c23)cnn1-c1ccccc1. The summed E-state index contributed by atoms with van der Waals surface area (Å²) in [4.78, 5) is 13.2. The Hall–Kier alpha value is -3.61. The van der Waals surface area contributed by atoms with Crippen LogP contribution in [0.25, 0.3) is 16.6 Å². The van der Waals surface area contributed by atoms with E-state index in [1.54, 1.807) is 18.0 Å². The minimum absolute atomic E-state index is 0.235. The molecule has 29 heavy (non-hydrogen) atoms. The van der Waals surface area contributed by atoms with E-state index in [1.807, 2.05) is 60.3 Å². The number of rotatable bonds is 6. The maximum absolute atomic E-state index is 13.2. The van der Waals surface area contributed by atoms with Gasteiger partial charge in [0.05, 0.1) is 41.2 Å². The predicted octanol–water partition coefficient (Wildman–Crippen LogP) is 3.97. The standard InChI is InChI=1S/C22H23N5O2/c1-4-9-17-16(14-23-27(17)15-10-6-5-7-11-15)22(28)24-21-20-18(26(2)25-21)12-8-13-19(20)29-3/h5-8,10-14H,4,9H2,1-3H3,(H,24,25,28). The fourth-order valence-corrected chi connectivity index (χ4v) is 3.55. The Morgan fingerprint density at radius 2 is 1.93 bits per heavy atom. The molecule has 2 heterocycles. The minimum Gasteiger partial charge on any atom is -0.496 e. The molecule has 0 bridgehead atoms. The number of carbonyl (C=O) groups excluding carboxylic acids is 1. The van der Waals surface area contributed by atoms with Gasteiger partial charge in [0.2, 0.25) is 0 Å². The lowest BCUT2D eigenvalue weighted by molar-refractivity contribution is 0.102. The first-order chi connectivity index (χ1) is 14.1. The molecule has 0 spiro atoms. The minimum atomic E-state index is -0.235. The molecule has 7 heteroatoms. The molecule has 4 aromatic rings. The first kappa shape index (κ1) is 18.7. The Balaban J connectivity index is 1.73. The smallest absolute Gasteiger partial charge is 0.260 e. The number of benzene rings is 2. The van der Waals surface area contributed by atoms with Crippen LogP contribution in [0.3, 0.4) is 0 Å². The van der Waals surface area contributed by atoms with Crippen LogP contribution in [-0.4, -0.2) is 32.6 Å². The Morgan fingerprint density at radius 3 is 2.66 bits per heavy atom. The third-order valence-electron chi connectivity index (χ3n) is 4.89. The molecule has 1 amide bonds. The highest BCUT2D eigenvalue weighted by molar-refractivity contribution is 6.09. The van der Waals surface area contributed by atoms with Crippen LogP contribution in [0.5, 0.6) is 5.75 Å². The number of carbonyl (C=O) groups is 1. The second kappa shape index (κ2) is 7.79. The predicted molar refractivity (Wildman–Crippen MR) is 113 cm³/mol. The number of nitrogens with zero attached hydrogens (tertiary/aromatic N) is 4. The molecule has 0 saturated carbocycles. The maximum atomic E-state index is 13.2. The molecule has 0 radical (unpaired) electrons. The third-order valence-corrected chi connectivity index (χ3v) is 4.89. The van der Waals surface area contributed by atoms with Crippen LogP contribution >= 0.6 is 0 Å². The van der Waals surface area contributed by atoms with Crippen molar-refractivity contribution >= 4 is 22.6 Å². The van der Waals surface area contributed by atoms with Crippen molar-refractivity contribution < 1.29 is 9.53 Å². The average molecular weight is 389 g/mol. The zero-order chi connectivity index (χ0) is 20.4. The topological polar surface area (TPSA) is 74.0 Å². The summed E-state index contributed by atoms with van der Waals surface area (Å²) in [6, 6.07) is 15.5. The van der Waals surface area contributed by atoms with Gasteiger partial charge in [-0.1, -0.05) is 37.6 Å². The molecular weight excluding hydrogens is 366 g/mol. The van der Waals surface area contributed by atoms with E-state index in [4.69, 9.17) is 4.74 Å². The molecule has 0 unspecified atom stereocenters. The Kier molecular flexibility index (Phi) is 5.03. The molecule has 0 aliphatic carbocycles. The van der Waals surface area contributed by atoms with Crippen LogP contribution < -0.4 is 10.1 Å². The zero-order valence-corrected chi connectivity index (χ0v) is 16.7. The van der Waals surface area contributed by atoms with Crippen LogP contribution in [0.2, 0.25) is 0 Å². The van der Waals surface area contributed by atoms with Crippen molar-refractivity contribution in [2.45, 2.75) is 19.8 Å². The lowest BCUT2D eigenvalue weighted by Crippen LogP contribution is -2.15. The molecule has 2 aromatic heterocycles. The van der Waals surface area contributed by atoms with Crippen LogP contribution in [0.15, 0.2) is 54.7 Å². The van der Waals surface area contributed by atoms with Gasteiger partial charge in [-0.25, -0.2) is 4.68 Å². The third kappa shape index (κ3) is 3.35. The summed E-state index contributed by atoms with van der Waals surface area (Å²) in [6.45, 7) is 2.08. The number of para-hydroxylation sites is 1. The highest BCUT2D eigenvalue weighted by atomic mass is 16.5. The van der Waals surface area contributed by atoms with Crippen molar-refractivity contribution in [2.24, 2.45) is 7.05 Å². The number of hydrogen-bond acceptors (Lipinski definition) is 4. The number of hydrogen-bond donors (Lipinski definition) is 1. The van der Waals surface area contributed by atoms with Gasteiger partial charge in [0.1, 0.15) is 5.75 Å². The number of nitrogens with one attached hydrogen (secondary N) is 1. The fraction of sp³-hybridized carbons (Fsp3) is 0.227. The highest BCUT2D eigenvalue weighted by Gasteiger charge is 2.21. The molecule has 4 rings (SSSR count). The molecule has 0 aliphatic rings. The second-order valence-electron chi connectivity index (χ2n) is 6.78. The Labute approximate surface area is 168 Å². The number of aromatic nitrogens is 4. The molecule has 2 aromatic carbocycles. The number of fused-ring (bicyclic) bond motifs is 1. The van der Waals surface area contributed by atoms with Crippen LogP contribution in [0, 0.1) is 0 Å². The van der Waals surface area contributed by atoms with E-state index >= 15 is 0 Å². The summed E-state index contributed by atoms with van der Waals surface area (Å²) in [5.41, 5.74) is 3.24. The second-order valence-corrected chi connectivity index (χ2v) is 6.78. The fourth-order valence-electron chi connectivity index (χ4n) is 3.55. The molecule has 1 N–H and O–H groups in total. The Morgan fingerprint density at radius 1 is 1.14 bits per heavy atom. The van der Waals surface area contributed by atoms with E-state index in [9.17, 15) is 4.79 Å². The molecule has 0 atom stereocenters. The Bertz CT molecular complexity index is 1160. The van der Waals surface area contributed by atoms with Crippen molar-refractivity contribution in [3.05, 3.63) is 66.0 Å². The molecule has 0 saturated heterocycles. The van der Waals surface area contributed by atoms with Gasteiger partial charge in [-0.2, -0.15) is 10.2 Å². The normalized spacial score (nSPS) is 11.0. The number of methoxy groups -OCH3 is 1. The lowest BCUT2D eigenvalue weighted by Gasteiger charge is -2.09. The summed E-state index contributed by atoms with van der Waals surface area (Å²) in [5, 5.41) is 12.7. The number of ether oxygens (including phenoxy) is 1. The van der Waals surface area contributed by atoms with Gasteiger partial charge in [-0.05, 0) is 30.7 Å². The van der Waals surface area contributed by atoms with Crippen molar-refractivity contribution in [1.82, 2.24) is 19.6 Å². The van der Waals surface area contributed by atoms with Gasteiger partial charge < -0.3 is 10.1 Å². The van der Waals surface area contributed by atoms with E-state index in [1.165, 1.54) is 0 Å². The molecule has 0 aliphatic heterocycles. The van der Waals surface area contributed by atoms with Crippen molar-refractivity contribution in [3.8, 4) is 11.4 Å². The lowest BCUT2D eigenvalue weighted by atomic mass is 10.1. The first-order valence-electron chi connectivity index (χ1n) is 9.57. The van der Waals surface area contributed by atoms with E-state index in [-0.39, 0.29) is 5.91 Å². The molecular formula is C22H23N5O2. The van der Waals surface area contributed by atoms with Crippen molar-refractivity contribution in [3.63, 3.8) is 0 Å². The molecule has 148 valence electrons. The van der Waals surface area contributed by atoms with Crippen molar-refractivity contribution in [1.29, 1.82) is 0 Å². The van der Waals surface area contributed by atoms with Gasteiger partial charge in [0.15, 0.2) is 5.82 Å². The number of amides is 1. The van der Waals surface area contributed by atoms with Gasteiger partial charge >= 0.3 is 0 Å². The molecule has 7 nitrogen and oxygen atoms in total. The highest BCUT2D eigenvalue weighted by Crippen LogP contribution is 2.32. The van der Waals surface area contributed by atoms with Gasteiger partial charge in [0.25, 0.3) is 5.91 Å². The van der Waals surface area contributed by atoms with Crippen LogP contribution in [0.4, 0.5) is 5.82 Å². The number of anilines is 1. The molecule has 0 fully saturated rings. The van der Waals surface area contributed by atoms with Crippen molar-refractivity contribution in [2.75, 3.05) is 12.4 Å². The summed E-state index contributed by atoms with van der Waals surface area (Å²) >= 11 is 0. The monoisotopic (exact) mass is 389 g/mol. The summed E-state index contributed by atoms with van der Waals surface area (Å²) in [6.07, 6.45) is 3.26. The quantitative estimate of drug-likeness (QED) is 0.541. The van der Waals surface area contributed by atoms with E-state index in [0.717, 1.165) is 35.1 Å². The summed E-state index contributed by atoms with van der Waals surface area (Å²) < 4.78 is 9.03. The van der Waals surface area contributed by atoms with E-state index < -0.39 is 0 Å². The zero-order valence-electron chi connectivity index (χ0n) is 16.7. The largest absolute Gasteiger partial charge is 0.496 e. The van der Waals surface area contributed by atoms with Gasteiger partial charge in [-0.3, -0.25) is 9.48 Å². The first-order valence-corrected chi connectivity index (χ1v) is 9.57. The van der Waals surface area contributed by atoms with E-state index in [0.29, 0.717) is 17.1 Å². The summed E-state index contributed by atoms with van der Waals surface area (Å²) in [5.74, 6) is 0.904. The summed E-state index contributed by atoms with van der Waals surface area (Å²) in [7, 11) is 3.45. The van der Waals surface area contributed by atoms with Gasteiger partial charge in [-0.15, -0.1) is 0 Å². The van der Waals surface area contributed by atoms with Crippen LogP contribution in [0.1, 0.15) is 29.4 Å². The maximum Gasteiger partial charge on any atom is 0.260 e. The number of aryl methyl sites for hydroxylation is 1. The van der Waals surface area contributed by atoms with E-state index in [2.05, 4.69) is 22.4 Å². The average Bonchev–Trinajstić information content (AvgIpc) is 3.30.